The van der Waals surface area contributed by atoms with E-state index in [1.54, 1.807) is 0 Å². The van der Waals surface area contributed by atoms with Gasteiger partial charge in [-0.1, -0.05) is 0 Å². The number of ketones is 1. The number of carbonyl (C=O) groups is 1. The minimum atomic E-state index is -1.50. The first-order valence-electron chi connectivity index (χ1n) is 3.27. The Bertz CT molecular complexity index is 137. The maximum Gasteiger partial charge on any atom is 0.182 e. The second-order valence-corrected chi connectivity index (χ2v) is 2.38. The zero-order valence-corrected chi connectivity index (χ0v) is 6.27. The molecule has 0 heterocycles. The van der Waals surface area contributed by atoms with Crippen LogP contribution < -0.4 is 5.73 Å². The largest absolute Gasteiger partial charge is 0.394 e. The van der Waals surface area contributed by atoms with Crippen molar-refractivity contribution < 1.29 is 20.1 Å². The van der Waals surface area contributed by atoms with Crippen molar-refractivity contribution in [3.8, 4) is 0 Å². The summed E-state index contributed by atoms with van der Waals surface area (Å²) in [4.78, 5) is 10.8. The third-order valence-corrected chi connectivity index (χ3v) is 1.31. The molecule has 0 aromatic rings. The van der Waals surface area contributed by atoms with Gasteiger partial charge in [-0.25, -0.2) is 0 Å². The van der Waals surface area contributed by atoms with Crippen LogP contribution in [0.15, 0.2) is 0 Å². The lowest BCUT2D eigenvalue weighted by Crippen LogP contribution is -2.45. The minimum absolute atomic E-state index is 0.525. The molecule has 0 bridgehead atoms. The fraction of sp³-hybridized carbons (Fsp3) is 0.833. The molecule has 3 atom stereocenters. The lowest BCUT2D eigenvalue weighted by molar-refractivity contribution is -0.134. The van der Waals surface area contributed by atoms with Crippen molar-refractivity contribution in [3.05, 3.63) is 0 Å². The summed E-state index contributed by atoms with van der Waals surface area (Å²) in [6.07, 6.45) is -2.66. The molecule has 0 radical (unpaired) electrons. The molecule has 0 aliphatic rings. The van der Waals surface area contributed by atoms with Crippen molar-refractivity contribution in [2.45, 2.75) is 25.2 Å². The molecular formula is C6H13NO4. The molecule has 0 aromatic carbocycles. The quantitative estimate of drug-likeness (QED) is 0.370. The van der Waals surface area contributed by atoms with Crippen LogP contribution in [0.1, 0.15) is 6.92 Å². The minimum Gasteiger partial charge on any atom is -0.394 e. The number of carbonyl (C=O) groups excluding carboxylic acids is 1. The lowest BCUT2D eigenvalue weighted by Gasteiger charge is -2.15. The summed E-state index contributed by atoms with van der Waals surface area (Å²) in [5.74, 6) is -0.748. The molecule has 0 aliphatic carbocycles. The molecule has 0 unspecified atom stereocenters. The summed E-state index contributed by atoms with van der Waals surface area (Å²) in [6, 6.07) is -1.11. The van der Waals surface area contributed by atoms with E-state index >= 15 is 0 Å². The summed E-state index contributed by atoms with van der Waals surface area (Å²) in [5, 5.41) is 26.0. The van der Waals surface area contributed by atoms with Crippen molar-refractivity contribution in [2.24, 2.45) is 5.73 Å². The van der Waals surface area contributed by atoms with Crippen molar-refractivity contribution >= 4 is 5.78 Å². The Balaban J connectivity index is 4.02. The second kappa shape index (κ2) is 4.40. The second-order valence-electron chi connectivity index (χ2n) is 2.38. The number of hydrogen-bond acceptors (Lipinski definition) is 5. The molecule has 5 N–H and O–H groups in total. The fourth-order valence-electron chi connectivity index (χ4n) is 0.547. The van der Waals surface area contributed by atoms with E-state index < -0.39 is 30.6 Å². The van der Waals surface area contributed by atoms with Crippen LogP contribution in [0.4, 0.5) is 0 Å². The zero-order chi connectivity index (χ0) is 9.02. The van der Waals surface area contributed by atoms with E-state index in [0.29, 0.717) is 0 Å². The number of rotatable bonds is 4. The average molecular weight is 163 g/mol. The summed E-state index contributed by atoms with van der Waals surface area (Å²) in [6.45, 7) is 0.745. The molecular weight excluding hydrogens is 150 g/mol. The van der Waals surface area contributed by atoms with Gasteiger partial charge >= 0.3 is 0 Å². The van der Waals surface area contributed by atoms with E-state index in [1.807, 2.05) is 0 Å². The van der Waals surface area contributed by atoms with Gasteiger partial charge < -0.3 is 21.1 Å². The summed E-state index contributed by atoms with van der Waals surface area (Å²) >= 11 is 0. The third-order valence-electron chi connectivity index (χ3n) is 1.31. The van der Waals surface area contributed by atoms with Crippen molar-refractivity contribution in [3.63, 3.8) is 0 Å². The number of aliphatic hydroxyl groups is 3. The van der Waals surface area contributed by atoms with E-state index in [-0.39, 0.29) is 0 Å². The van der Waals surface area contributed by atoms with Gasteiger partial charge in [-0.2, -0.15) is 0 Å². The fourth-order valence-corrected chi connectivity index (χ4v) is 0.547. The topological polar surface area (TPSA) is 104 Å². The van der Waals surface area contributed by atoms with Gasteiger partial charge in [0.1, 0.15) is 6.10 Å². The van der Waals surface area contributed by atoms with Crippen LogP contribution in [-0.2, 0) is 4.79 Å². The molecule has 0 rings (SSSR count). The van der Waals surface area contributed by atoms with Crippen molar-refractivity contribution in [2.75, 3.05) is 6.61 Å². The number of hydrogen-bond donors (Lipinski definition) is 4. The highest BCUT2D eigenvalue weighted by Crippen LogP contribution is 1.96. The standard InChI is InChI=1S/C6H13NO4/c1-3(9)5(10)6(11)4(7)2-8/h3-5,8-10H,2,7H2,1H3/t3-,4-,5+/m1/s1. The molecule has 0 saturated heterocycles. The highest BCUT2D eigenvalue weighted by molar-refractivity contribution is 5.88. The number of aliphatic hydroxyl groups excluding tert-OH is 3. The molecule has 0 fully saturated rings. The van der Waals surface area contributed by atoms with Gasteiger partial charge in [-0.15, -0.1) is 0 Å². The van der Waals surface area contributed by atoms with Crippen molar-refractivity contribution in [1.82, 2.24) is 0 Å². The van der Waals surface area contributed by atoms with Crippen LogP contribution in [0.3, 0.4) is 0 Å². The van der Waals surface area contributed by atoms with Crippen LogP contribution in [0, 0.1) is 0 Å². The summed E-state index contributed by atoms with van der Waals surface area (Å²) in [7, 11) is 0. The Labute approximate surface area is 64.4 Å². The van der Waals surface area contributed by atoms with Crippen LogP contribution in [0.25, 0.3) is 0 Å². The molecule has 0 amide bonds. The van der Waals surface area contributed by atoms with Gasteiger partial charge in [0.15, 0.2) is 5.78 Å². The molecule has 0 spiro atoms. The van der Waals surface area contributed by atoms with Crippen LogP contribution in [0.5, 0.6) is 0 Å². The zero-order valence-electron chi connectivity index (χ0n) is 6.27. The first-order valence-corrected chi connectivity index (χ1v) is 3.27. The Morgan fingerprint density at radius 2 is 2.00 bits per heavy atom. The Morgan fingerprint density at radius 3 is 2.27 bits per heavy atom. The van der Waals surface area contributed by atoms with Crippen LogP contribution in [-0.4, -0.2) is 46.0 Å². The highest BCUT2D eigenvalue weighted by Gasteiger charge is 2.25. The summed E-state index contributed by atoms with van der Waals surface area (Å²) < 4.78 is 0. The van der Waals surface area contributed by atoms with Crippen molar-refractivity contribution in [1.29, 1.82) is 0 Å². The van der Waals surface area contributed by atoms with Crippen LogP contribution >= 0.6 is 0 Å². The van der Waals surface area contributed by atoms with Crippen LogP contribution in [0.2, 0.25) is 0 Å². The SMILES string of the molecule is C[C@@H](O)[C@H](O)C(=O)[C@H](N)CO. The first kappa shape index (κ1) is 10.5. The molecule has 11 heavy (non-hydrogen) atoms. The lowest BCUT2D eigenvalue weighted by atomic mass is 10.1. The predicted molar refractivity (Wildman–Crippen MR) is 37.8 cm³/mol. The van der Waals surface area contributed by atoms with Gasteiger partial charge in [0.2, 0.25) is 0 Å². The third kappa shape index (κ3) is 2.94. The molecule has 66 valence electrons. The van der Waals surface area contributed by atoms with Gasteiger partial charge in [-0.05, 0) is 6.92 Å². The van der Waals surface area contributed by atoms with E-state index in [9.17, 15) is 4.79 Å². The van der Waals surface area contributed by atoms with Gasteiger partial charge in [0.05, 0.1) is 18.8 Å². The molecule has 0 aromatic heterocycles. The Hall–Kier alpha value is -0.490. The van der Waals surface area contributed by atoms with Gasteiger partial charge in [0.25, 0.3) is 0 Å². The van der Waals surface area contributed by atoms with Gasteiger partial charge in [-0.3, -0.25) is 4.79 Å². The molecule has 0 aliphatic heterocycles. The number of Topliss-reactive ketones (excluding diaryl/α,β-unsaturated/α-hetero) is 1. The first-order chi connectivity index (χ1) is 5.00. The van der Waals surface area contributed by atoms with E-state index in [4.69, 9.17) is 21.1 Å². The maximum atomic E-state index is 10.8. The Kier molecular flexibility index (Phi) is 4.20. The van der Waals surface area contributed by atoms with E-state index in [2.05, 4.69) is 0 Å². The molecule has 5 nitrogen and oxygen atoms in total. The number of nitrogens with two attached hydrogens (primary N) is 1. The molecule has 0 saturated carbocycles. The Morgan fingerprint density at radius 1 is 1.55 bits per heavy atom. The summed E-state index contributed by atoms with van der Waals surface area (Å²) in [5.41, 5.74) is 5.08. The van der Waals surface area contributed by atoms with E-state index in [1.165, 1.54) is 6.92 Å². The monoisotopic (exact) mass is 163 g/mol. The maximum absolute atomic E-state index is 10.8. The predicted octanol–water partition coefficient (Wildman–Crippen LogP) is -2.38. The van der Waals surface area contributed by atoms with Gasteiger partial charge in [0, 0.05) is 0 Å². The average Bonchev–Trinajstić information content (AvgIpc) is 2.00. The highest BCUT2D eigenvalue weighted by atomic mass is 16.3. The van der Waals surface area contributed by atoms with E-state index in [0.717, 1.165) is 0 Å². The molecule has 5 heteroatoms. The smallest absolute Gasteiger partial charge is 0.182 e. The normalized spacial score (nSPS) is 19.0.